The van der Waals surface area contributed by atoms with Crippen molar-refractivity contribution in [1.29, 1.82) is 0 Å². The molecule has 1 N–H and O–H groups in total. The van der Waals surface area contributed by atoms with Gasteiger partial charge < -0.3 is 10.1 Å². The Bertz CT molecular complexity index is 705. The molecule has 0 spiro atoms. The van der Waals surface area contributed by atoms with Crippen molar-refractivity contribution >= 4 is 23.7 Å². The number of rotatable bonds is 1. The molecule has 0 aromatic heterocycles. The Kier molecular flexibility index (Phi) is 2.57. The summed E-state index contributed by atoms with van der Waals surface area (Å²) in [5, 5.41) is 3.09. The lowest BCUT2D eigenvalue weighted by atomic mass is 10.1. The van der Waals surface area contributed by atoms with E-state index in [4.69, 9.17) is 4.74 Å². The first-order chi connectivity index (χ1) is 10.2. The minimum absolute atomic E-state index is 0.216. The zero-order valence-electron chi connectivity index (χ0n) is 11.3. The van der Waals surface area contributed by atoms with Crippen molar-refractivity contribution in [2.75, 3.05) is 5.32 Å². The van der Waals surface area contributed by atoms with E-state index in [9.17, 15) is 9.59 Å². The Hall–Kier alpha value is -2.63. The lowest BCUT2D eigenvalue weighted by molar-refractivity contribution is -0.147. The number of amides is 2. The van der Waals surface area contributed by atoms with E-state index in [1.54, 1.807) is 12.4 Å². The number of fused-ring (bicyclic) bond motifs is 3. The van der Waals surface area contributed by atoms with Crippen molar-refractivity contribution in [2.24, 2.45) is 4.99 Å². The molecule has 6 heteroatoms. The van der Waals surface area contributed by atoms with Crippen molar-refractivity contribution in [2.45, 2.75) is 25.8 Å². The zero-order chi connectivity index (χ0) is 14.4. The smallest absolute Gasteiger partial charge is 0.236 e. The molecule has 1 saturated heterocycles. The van der Waals surface area contributed by atoms with E-state index >= 15 is 0 Å². The Labute approximate surface area is 121 Å². The summed E-state index contributed by atoms with van der Waals surface area (Å²) in [7, 11) is 0. The number of carbonyl (C=O) groups is 2. The van der Waals surface area contributed by atoms with Crippen molar-refractivity contribution in [3.05, 3.63) is 35.3 Å². The predicted molar refractivity (Wildman–Crippen MR) is 75.8 cm³/mol. The van der Waals surface area contributed by atoms with Crippen LogP contribution in [-0.2, 0) is 16.1 Å². The van der Waals surface area contributed by atoms with Crippen LogP contribution in [0.15, 0.2) is 29.2 Å². The number of imide groups is 1. The number of anilines is 1. The molecule has 0 atom stereocenters. The Morgan fingerprint density at radius 2 is 2.00 bits per heavy atom. The maximum atomic E-state index is 12.0. The third-order valence-corrected chi connectivity index (χ3v) is 3.83. The molecule has 0 bridgehead atoms. The molecule has 1 fully saturated rings. The van der Waals surface area contributed by atoms with E-state index in [0.29, 0.717) is 31.6 Å². The van der Waals surface area contributed by atoms with E-state index < -0.39 is 0 Å². The minimum Gasteiger partial charge on any atom is -0.436 e. The second kappa shape index (κ2) is 4.44. The minimum atomic E-state index is -0.216. The van der Waals surface area contributed by atoms with Gasteiger partial charge in [-0.05, 0) is 12.5 Å². The highest BCUT2D eigenvalue weighted by Gasteiger charge is 2.33. The normalized spacial score (nSPS) is 19.6. The highest BCUT2D eigenvalue weighted by Crippen LogP contribution is 2.38. The van der Waals surface area contributed by atoms with Gasteiger partial charge in [-0.25, -0.2) is 4.90 Å². The summed E-state index contributed by atoms with van der Waals surface area (Å²) < 4.78 is 5.86. The standard InChI is InChI=1S/C15H13N3O3/c19-12-2-1-3-13(20)18(12)14-8-17-11-5-4-9-6-16-7-10(9)15(11)21-14/h4-6,8,17H,1-3,7H2. The van der Waals surface area contributed by atoms with Gasteiger partial charge in [0.15, 0.2) is 5.75 Å². The summed E-state index contributed by atoms with van der Waals surface area (Å²) in [4.78, 5) is 29.3. The summed E-state index contributed by atoms with van der Waals surface area (Å²) in [5.74, 6) is 0.462. The highest BCUT2D eigenvalue weighted by atomic mass is 16.5. The molecule has 21 heavy (non-hydrogen) atoms. The quantitative estimate of drug-likeness (QED) is 0.797. The van der Waals surface area contributed by atoms with E-state index in [-0.39, 0.29) is 17.7 Å². The molecule has 0 aliphatic carbocycles. The van der Waals surface area contributed by atoms with E-state index in [1.165, 1.54) is 0 Å². The van der Waals surface area contributed by atoms with Gasteiger partial charge in [0.05, 0.1) is 18.4 Å². The highest BCUT2D eigenvalue weighted by molar-refractivity contribution is 5.99. The summed E-state index contributed by atoms with van der Waals surface area (Å²) in [6.07, 6.45) is 4.71. The predicted octanol–water partition coefficient (Wildman–Crippen LogP) is 1.76. The molecule has 3 heterocycles. The van der Waals surface area contributed by atoms with Crippen LogP contribution in [0.2, 0.25) is 0 Å². The van der Waals surface area contributed by atoms with E-state index in [0.717, 1.165) is 21.7 Å². The van der Waals surface area contributed by atoms with Crippen molar-refractivity contribution in [1.82, 2.24) is 4.90 Å². The maximum absolute atomic E-state index is 12.0. The number of likely N-dealkylation sites (tertiary alicyclic amines) is 1. The van der Waals surface area contributed by atoms with Gasteiger partial charge >= 0.3 is 0 Å². The van der Waals surface area contributed by atoms with Gasteiger partial charge in [-0.3, -0.25) is 14.6 Å². The first-order valence-corrected chi connectivity index (χ1v) is 6.90. The van der Waals surface area contributed by atoms with Crippen molar-refractivity contribution in [3.8, 4) is 5.75 Å². The molecule has 0 saturated carbocycles. The van der Waals surface area contributed by atoms with Crippen LogP contribution in [0, 0.1) is 0 Å². The number of nitrogens with zero attached hydrogens (tertiary/aromatic N) is 2. The lowest BCUT2D eigenvalue weighted by Crippen LogP contribution is -2.41. The van der Waals surface area contributed by atoms with Gasteiger partial charge in [0.2, 0.25) is 17.7 Å². The molecular weight excluding hydrogens is 270 g/mol. The third kappa shape index (κ3) is 1.83. The van der Waals surface area contributed by atoms with Crippen LogP contribution in [0.1, 0.15) is 30.4 Å². The van der Waals surface area contributed by atoms with Crippen LogP contribution >= 0.6 is 0 Å². The summed E-state index contributed by atoms with van der Waals surface area (Å²) in [6, 6.07) is 3.87. The van der Waals surface area contributed by atoms with Crippen LogP contribution in [0.3, 0.4) is 0 Å². The second-order valence-corrected chi connectivity index (χ2v) is 5.19. The Balaban J connectivity index is 1.70. The van der Waals surface area contributed by atoms with E-state index in [1.807, 2.05) is 12.1 Å². The number of ether oxygens (including phenoxy) is 1. The first kappa shape index (κ1) is 12.1. The molecule has 1 aromatic carbocycles. The molecule has 3 aliphatic rings. The van der Waals surface area contributed by atoms with Gasteiger partial charge in [-0.15, -0.1) is 0 Å². The Morgan fingerprint density at radius 3 is 2.81 bits per heavy atom. The monoisotopic (exact) mass is 283 g/mol. The number of hydrogen-bond donors (Lipinski definition) is 1. The molecule has 106 valence electrons. The average Bonchev–Trinajstić information content (AvgIpc) is 2.96. The topological polar surface area (TPSA) is 71.0 Å². The van der Waals surface area contributed by atoms with Crippen molar-refractivity contribution < 1.29 is 14.3 Å². The third-order valence-electron chi connectivity index (χ3n) is 3.83. The van der Waals surface area contributed by atoms with Gasteiger partial charge in [0, 0.05) is 30.2 Å². The molecule has 0 radical (unpaired) electrons. The average molecular weight is 283 g/mol. The van der Waals surface area contributed by atoms with Crippen LogP contribution in [0.25, 0.3) is 0 Å². The van der Waals surface area contributed by atoms with E-state index in [2.05, 4.69) is 10.3 Å². The zero-order valence-corrected chi connectivity index (χ0v) is 11.3. The molecule has 2 amide bonds. The SMILES string of the molecule is O=C1CCCC(=O)N1C1=CNc2ccc3c(c2O1)CN=C3. The fourth-order valence-electron chi connectivity index (χ4n) is 2.78. The van der Waals surface area contributed by atoms with Gasteiger partial charge in [0.25, 0.3) is 0 Å². The number of benzene rings is 1. The van der Waals surface area contributed by atoms with Gasteiger partial charge in [-0.2, -0.15) is 0 Å². The lowest BCUT2D eigenvalue weighted by Gasteiger charge is -2.30. The number of aliphatic imine (C=N–C) groups is 1. The molecular formula is C15H13N3O3. The molecule has 3 aliphatic heterocycles. The van der Waals surface area contributed by atoms with Crippen molar-refractivity contribution in [3.63, 3.8) is 0 Å². The number of piperidine rings is 1. The van der Waals surface area contributed by atoms with Gasteiger partial charge in [0.1, 0.15) is 0 Å². The van der Waals surface area contributed by atoms with Crippen LogP contribution in [-0.4, -0.2) is 22.9 Å². The largest absolute Gasteiger partial charge is 0.436 e. The number of nitrogens with one attached hydrogen (secondary N) is 1. The second-order valence-electron chi connectivity index (χ2n) is 5.19. The Morgan fingerprint density at radius 1 is 1.19 bits per heavy atom. The van der Waals surface area contributed by atoms with Gasteiger partial charge in [-0.1, -0.05) is 6.07 Å². The molecule has 1 aromatic rings. The molecule has 4 rings (SSSR count). The molecule has 6 nitrogen and oxygen atoms in total. The summed E-state index contributed by atoms with van der Waals surface area (Å²) >= 11 is 0. The molecule has 0 unspecified atom stereocenters. The summed E-state index contributed by atoms with van der Waals surface area (Å²) in [5.41, 5.74) is 2.80. The fraction of sp³-hybridized carbons (Fsp3) is 0.267. The van der Waals surface area contributed by atoms with Crippen LogP contribution in [0.4, 0.5) is 5.69 Å². The fourth-order valence-corrected chi connectivity index (χ4v) is 2.78. The number of carbonyl (C=O) groups excluding carboxylic acids is 2. The van der Waals surface area contributed by atoms with Crippen LogP contribution in [0.5, 0.6) is 5.75 Å². The maximum Gasteiger partial charge on any atom is 0.236 e. The first-order valence-electron chi connectivity index (χ1n) is 6.90. The number of hydrogen-bond acceptors (Lipinski definition) is 5. The van der Waals surface area contributed by atoms with Crippen LogP contribution < -0.4 is 10.1 Å². The summed E-state index contributed by atoms with van der Waals surface area (Å²) in [6.45, 7) is 0.551.